The van der Waals surface area contributed by atoms with Gasteiger partial charge in [0.15, 0.2) is 0 Å². The van der Waals surface area contributed by atoms with E-state index in [0.29, 0.717) is 0 Å². The Labute approximate surface area is 71.2 Å². The van der Waals surface area contributed by atoms with Crippen LogP contribution >= 0.6 is 0 Å². The normalized spacial score (nSPS) is 20.7. The first-order chi connectivity index (χ1) is 5.97. The molecule has 4 nitrogen and oxygen atoms in total. The third-order valence-corrected chi connectivity index (χ3v) is 1.73. The van der Waals surface area contributed by atoms with Crippen LogP contribution in [0.3, 0.4) is 0 Å². The van der Waals surface area contributed by atoms with Crippen LogP contribution in [0.25, 0.3) is 0 Å². The van der Waals surface area contributed by atoms with Crippen molar-refractivity contribution in [3.8, 4) is 0 Å². The fourth-order valence-corrected chi connectivity index (χ4v) is 1.12. The summed E-state index contributed by atoms with van der Waals surface area (Å²) in [5.74, 6) is 1.04. The minimum Gasteiger partial charge on any atom is -0.498 e. The van der Waals surface area contributed by atoms with Crippen molar-refractivity contribution in [2.24, 2.45) is 0 Å². The molecule has 64 valence electrons. The Bertz CT molecular complexity index is 245. The highest BCUT2D eigenvalue weighted by Crippen LogP contribution is 2.06. The average Bonchev–Trinajstić information content (AvgIpc) is 2.21. The smallest absolute Gasteiger partial charge is 0.126 e. The van der Waals surface area contributed by atoms with Gasteiger partial charge in [0.05, 0.1) is 12.8 Å². The highest BCUT2D eigenvalue weighted by atomic mass is 16.5. The minimum absolute atomic E-state index is 0.735. The maximum Gasteiger partial charge on any atom is 0.126 e. The van der Waals surface area contributed by atoms with Gasteiger partial charge in [0.25, 0.3) is 0 Å². The second-order valence-electron chi connectivity index (χ2n) is 2.52. The van der Waals surface area contributed by atoms with E-state index in [2.05, 4.69) is 15.5 Å². The number of rotatable bonds is 1. The Kier molecular flexibility index (Phi) is 1.90. The SMILES string of the molecule is C1=CNC(N2C=COCC2)=CN1. The van der Waals surface area contributed by atoms with E-state index in [-0.39, 0.29) is 0 Å². The molecule has 0 aromatic heterocycles. The van der Waals surface area contributed by atoms with Crippen molar-refractivity contribution < 1.29 is 4.74 Å². The van der Waals surface area contributed by atoms with Crippen LogP contribution in [0.5, 0.6) is 0 Å². The van der Waals surface area contributed by atoms with Gasteiger partial charge >= 0.3 is 0 Å². The lowest BCUT2D eigenvalue weighted by Crippen LogP contribution is -2.32. The highest BCUT2D eigenvalue weighted by molar-refractivity contribution is 5.11. The van der Waals surface area contributed by atoms with Crippen molar-refractivity contribution >= 4 is 0 Å². The summed E-state index contributed by atoms with van der Waals surface area (Å²) >= 11 is 0. The zero-order valence-electron chi connectivity index (χ0n) is 6.66. The Hall–Kier alpha value is -1.58. The molecule has 0 spiro atoms. The van der Waals surface area contributed by atoms with E-state index in [1.165, 1.54) is 0 Å². The van der Waals surface area contributed by atoms with E-state index >= 15 is 0 Å². The molecule has 0 aromatic carbocycles. The number of hydrogen-bond acceptors (Lipinski definition) is 4. The Morgan fingerprint density at radius 3 is 3.08 bits per heavy atom. The zero-order valence-corrected chi connectivity index (χ0v) is 6.66. The van der Waals surface area contributed by atoms with Crippen LogP contribution in [0.2, 0.25) is 0 Å². The van der Waals surface area contributed by atoms with Crippen LogP contribution in [0.15, 0.2) is 36.9 Å². The molecule has 0 atom stereocenters. The predicted molar refractivity (Wildman–Crippen MR) is 45.3 cm³/mol. The molecule has 0 saturated carbocycles. The van der Waals surface area contributed by atoms with Gasteiger partial charge in [-0.3, -0.25) is 0 Å². The van der Waals surface area contributed by atoms with Crippen LogP contribution < -0.4 is 10.6 Å². The summed E-state index contributed by atoms with van der Waals surface area (Å²) in [6.45, 7) is 1.62. The molecule has 2 aliphatic heterocycles. The molecule has 12 heavy (non-hydrogen) atoms. The van der Waals surface area contributed by atoms with Crippen LogP contribution in [0.1, 0.15) is 0 Å². The fraction of sp³-hybridized carbons (Fsp3) is 0.250. The van der Waals surface area contributed by atoms with Crippen molar-refractivity contribution in [2.75, 3.05) is 13.2 Å². The molecule has 0 amide bonds. The largest absolute Gasteiger partial charge is 0.498 e. The van der Waals surface area contributed by atoms with Gasteiger partial charge in [-0.1, -0.05) is 0 Å². The standard InChI is InChI=1S/C8H11N3O/c1-2-10-8(7-9-1)11-3-5-12-6-4-11/h1-3,5,7,9-10H,4,6H2. The molecule has 0 aromatic rings. The monoisotopic (exact) mass is 165 g/mol. The molecule has 0 saturated heterocycles. The maximum absolute atomic E-state index is 5.07. The molecule has 2 heterocycles. The number of nitrogens with zero attached hydrogens (tertiary/aromatic N) is 1. The van der Waals surface area contributed by atoms with Crippen molar-refractivity contribution in [3.63, 3.8) is 0 Å². The van der Waals surface area contributed by atoms with E-state index in [1.54, 1.807) is 6.26 Å². The summed E-state index contributed by atoms with van der Waals surface area (Å²) in [4.78, 5) is 2.08. The second-order valence-corrected chi connectivity index (χ2v) is 2.52. The van der Waals surface area contributed by atoms with Gasteiger partial charge in [-0.15, -0.1) is 0 Å². The predicted octanol–water partition coefficient (Wildman–Crippen LogP) is 0.253. The summed E-state index contributed by atoms with van der Waals surface area (Å²) in [6, 6.07) is 0. The number of nitrogens with one attached hydrogen (secondary N) is 2. The van der Waals surface area contributed by atoms with E-state index in [9.17, 15) is 0 Å². The average molecular weight is 165 g/mol. The molecule has 2 aliphatic rings. The molecule has 0 fully saturated rings. The fourth-order valence-electron chi connectivity index (χ4n) is 1.12. The van der Waals surface area contributed by atoms with Gasteiger partial charge in [0.1, 0.15) is 12.4 Å². The molecule has 0 unspecified atom stereocenters. The van der Waals surface area contributed by atoms with Gasteiger partial charge in [-0.2, -0.15) is 0 Å². The van der Waals surface area contributed by atoms with Gasteiger partial charge in [-0.05, 0) is 0 Å². The first-order valence-electron chi connectivity index (χ1n) is 3.89. The molecular weight excluding hydrogens is 154 g/mol. The first-order valence-corrected chi connectivity index (χ1v) is 3.89. The van der Waals surface area contributed by atoms with Crippen molar-refractivity contribution in [1.29, 1.82) is 0 Å². The molecular formula is C8H11N3O. The van der Waals surface area contributed by atoms with Crippen molar-refractivity contribution in [1.82, 2.24) is 15.5 Å². The Morgan fingerprint density at radius 2 is 2.42 bits per heavy atom. The summed E-state index contributed by atoms with van der Waals surface area (Å²) in [5.41, 5.74) is 0. The first kappa shape index (κ1) is 7.09. The molecule has 2 N–H and O–H groups in total. The summed E-state index contributed by atoms with van der Waals surface area (Å²) in [5, 5.41) is 6.14. The van der Waals surface area contributed by atoms with Crippen LogP contribution in [0, 0.1) is 0 Å². The van der Waals surface area contributed by atoms with Crippen LogP contribution in [0.4, 0.5) is 0 Å². The molecule has 4 heteroatoms. The Morgan fingerprint density at radius 1 is 1.42 bits per heavy atom. The maximum atomic E-state index is 5.07. The zero-order chi connectivity index (χ0) is 8.23. The third kappa shape index (κ3) is 1.37. The van der Waals surface area contributed by atoms with E-state index in [1.807, 2.05) is 24.8 Å². The molecule has 0 aliphatic carbocycles. The third-order valence-electron chi connectivity index (χ3n) is 1.73. The van der Waals surface area contributed by atoms with Gasteiger partial charge < -0.3 is 20.3 Å². The van der Waals surface area contributed by atoms with E-state index in [0.717, 1.165) is 19.0 Å². The summed E-state index contributed by atoms with van der Waals surface area (Å²) in [6.07, 6.45) is 9.22. The summed E-state index contributed by atoms with van der Waals surface area (Å²) < 4.78 is 5.07. The van der Waals surface area contributed by atoms with Gasteiger partial charge in [0, 0.05) is 24.8 Å². The second kappa shape index (κ2) is 3.21. The highest BCUT2D eigenvalue weighted by Gasteiger charge is 2.09. The topological polar surface area (TPSA) is 36.5 Å². The van der Waals surface area contributed by atoms with Crippen molar-refractivity contribution in [3.05, 3.63) is 36.9 Å². The Balaban J connectivity index is 2.03. The molecule has 0 radical (unpaired) electrons. The van der Waals surface area contributed by atoms with Crippen LogP contribution in [-0.4, -0.2) is 18.1 Å². The molecule has 0 bridgehead atoms. The number of hydrogen-bond donors (Lipinski definition) is 2. The lowest BCUT2D eigenvalue weighted by Gasteiger charge is -2.26. The van der Waals surface area contributed by atoms with E-state index in [4.69, 9.17) is 4.74 Å². The summed E-state index contributed by atoms with van der Waals surface area (Å²) in [7, 11) is 0. The van der Waals surface area contributed by atoms with E-state index < -0.39 is 0 Å². The lowest BCUT2D eigenvalue weighted by molar-refractivity contribution is 0.187. The minimum atomic E-state index is 0.735. The molecule has 2 rings (SSSR count). The lowest BCUT2D eigenvalue weighted by atomic mass is 10.4. The quantitative estimate of drug-likeness (QED) is 0.584. The van der Waals surface area contributed by atoms with Gasteiger partial charge in [0.2, 0.25) is 0 Å². The van der Waals surface area contributed by atoms with Crippen molar-refractivity contribution in [2.45, 2.75) is 0 Å². The van der Waals surface area contributed by atoms with Crippen LogP contribution in [-0.2, 0) is 4.74 Å². The van der Waals surface area contributed by atoms with Gasteiger partial charge in [-0.25, -0.2) is 0 Å². The number of ether oxygens (including phenoxy) is 1.